The maximum Gasteiger partial charge on any atom is 0.244 e. The van der Waals surface area contributed by atoms with Crippen LogP contribution in [0.3, 0.4) is 0 Å². The van der Waals surface area contributed by atoms with Crippen molar-refractivity contribution >= 4 is 34.2 Å². The van der Waals surface area contributed by atoms with E-state index in [1.54, 1.807) is 6.92 Å². The summed E-state index contributed by atoms with van der Waals surface area (Å²) in [5, 5.41) is 2.97. The third-order valence-corrected chi connectivity index (χ3v) is 4.34. The van der Waals surface area contributed by atoms with Gasteiger partial charge < -0.3 is 15.8 Å². The lowest BCUT2D eigenvalue weighted by Crippen LogP contribution is -2.50. The van der Waals surface area contributed by atoms with Gasteiger partial charge in [0, 0.05) is 24.2 Å². The zero-order chi connectivity index (χ0) is 14.6. The minimum atomic E-state index is -1.01. The molecule has 0 aromatic heterocycles. The Morgan fingerprint density at radius 2 is 1.95 bits per heavy atom. The molecular weight excluding hydrogens is 356 g/mol. The molecule has 118 valence electrons. The number of nitrogens with two attached hydrogens (primary N) is 1. The van der Waals surface area contributed by atoms with E-state index in [2.05, 4.69) is 21.2 Å². The van der Waals surface area contributed by atoms with Gasteiger partial charge in [-0.2, -0.15) is 0 Å². The lowest BCUT2D eigenvalue weighted by atomic mass is 9.91. The second-order valence-corrected chi connectivity index (χ2v) is 6.39. The van der Waals surface area contributed by atoms with Crippen LogP contribution < -0.4 is 11.1 Å². The second kappa shape index (κ2) is 8.13. The maximum atomic E-state index is 12.3. The molecular formula is C15H22BrClN2O2. The zero-order valence-corrected chi connectivity index (χ0v) is 14.5. The van der Waals surface area contributed by atoms with Gasteiger partial charge in [-0.15, -0.1) is 12.4 Å². The first-order valence-corrected chi connectivity index (χ1v) is 7.70. The number of benzene rings is 1. The fourth-order valence-electron chi connectivity index (χ4n) is 2.30. The van der Waals surface area contributed by atoms with E-state index in [1.165, 1.54) is 0 Å². The molecule has 0 radical (unpaired) electrons. The Bertz CT molecular complexity index is 459. The van der Waals surface area contributed by atoms with Crippen molar-refractivity contribution in [1.29, 1.82) is 0 Å². The monoisotopic (exact) mass is 376 g/mol. The molecule has 3 N–H and O–H groups in total. The van der Waals surface area contributed by atoms with Gasteiger partial charge in [-0.3, -0.25) is 4.79 Å². The van der Waals surface area contributed by atoms with Crippen LogP contribution in [0.5, 0.6) is 0 Å². The van der Waals surface area contributed by atoms with Crippen LogP contribution in [0.1, 0.15) is 25.3 Å². The van der Waals surface area contributed by atoms with Gasteiger partial charge in [-0.25, -0.2) is 0 Å². The Kier molecular flexibility index (Phi) is 7.13. The number of amides is 1. The molecule has 1 fully saturated rings. The lowest BCUT2D eigenvalue weighted by Gasteiger charge is -2.27. The SMILES string of the molecule is CC(N)(C(=O)NCC1CCOCC1)c1ccc(Br)cc1.Cl. The fourth-order valence-corrected chi connectivity index (χ4v) is 2.56. The molecule has 1 atom stereocenters. The van der Waals surface area contributed by atoms with Gasteiger partial charge in [0.15, 0.2) is 0 Å². The molecule has 1 aliphatic rings. The number of nitrogens with one attached hydrogen (secondary N) is 1. The number of carbonyl (C=O) groups is 1. The van der Waals surface area contributed by atoms with Crippen molar-refractivity contribution in [2.45, 2.75) is 25.3 Å². The smallest absolute Gasteiger partial charge is 0.244 e. The minimum Gasteiger partial charge on any atom is -0.381 e. The molecule has 0 spiro atoms. The van der Waals surface area contributed by atoms with E-state index in [-0.39, 0.29) is 18.3 Å². The number of carbonyl (C=O) groups excluding carboxylic acids is 1. The van der Waals surface area contributed by atoms with Gasteiger partial charge in [-0.05, 0) is 43.4 Å². The Morgan fingerprint density at radius 1 is 1.38 bits per heavy atom. The van der Waals surface area contributed by atoms with Crippen LogP contribution in [0.2, 0.25) is 0 Å². The van der Waals surface area contributed by atoms with Crippen molar-refractivity contribution in [1.82, 2.24) is 5.32 Å². The molecule has 1 aliphatic heterocycles. The van der Waals surface area contributed by atoms with Crippen LogP contribution in [-0.2, 0) is 15.1 Å². The lowest BCUT2D eigenvalue weighted by molar-refractivity contribution is -0.126. The maximum absolute atomic E-state index is 12.3. The number of halogens is 2. The van der Waals surface area contributed by atoms with Gasteiger partial charge in [0.05, 0.1) is 0 Å². The summed E-state index contributed by atoms with van der Waals surface area (Å²) in [6.07, 6.45) is 2.00. The molecule has 1 aromatic carbocycles. The summed E-state index contributed by atoms with van der Waals surface area (Å²) in [6, 6.07) is 7.54. The zero-order valence-electron chi connectivity index (χ0n) is 12.1. The van der Waals surface area contributed by atoms with Crippen molar-refractivity contribution in [3.8, 4) is 0 Å². The average Bonchev–Trinajstić information content (AvgIpc) is 2.46. The van der Waals surface area contributed by atoms with Crippen LogP contribution in [-0.4, -0.2) is 25.7 Å². The number of hydrogen-bond donors (Lipinski definition) is 2. The first-order chi connectivity index (χ1) is 9.50. The van der Waals surface area contributed by atoms with E-state index in [4.69, 9.17) is 10.5 Å². The minimum absolute atomic E-state index is 0. The van der Waals surface area contributed by atoms with Crippen LogP contribution in [0, 0.1) is 5.92 Å². The number of hydrogen-bond acceptors (Lipinski definition) is 3. The third kappa shape index (κ3) is 4.95. The van der Waals surface area contributed by atoms with Crippen LogP contribution in [0.15, 0.2) is 28.7 Å². The second-order valence-electron chi connectivity index (χ2n) is 5.48. The highest BCUT2D eigenvalue weighted by molar-refractivity contribution is 9.10. The van der Waals surface area contributed by atoms with E-state index in [1.807, 2.05) is 24.3 Å². The first-order valence-electron chi connectivity index (χ1n) is 6.91. The molecule has 0 aliphatic carbocycles. The van der Waals surface area contributed by atoms with Gasteiger partial charge >= 0.3 is 0 Å². The quantitative estimate of drug-likeness (QED) is 0.847. The summed E-state index contributed by atoms with van der Waals surface area (Å²) in [5.74, 6) is 0.361. The third-order valence-electron chi connectivity index (χ3n) is 3.81. The fraction of sp³-hybridized carbons (Fsp3) is 0.533. The predicted molar refractivity (Wildman–Crippen MR) is 89.5 cm³/mol. The Balaban J connectivity index is 0.00000220. The molecule has 1 heterocycles. The highest BCUT2D eigenvalue weighted by atomic mass is 79.9. The van der Waals surface area contributed by atoms with Gasteiger partial charge in [0.25, 0.3) is 0 Å². The Morgan fingerprint density at radius 3 is 2.52 bits per heavy atom. The summed E-state index contributed by atoms with van der Waals surface area (Å²) >= 11 is 3.38. The van der Waals surface area contributed by atoms with Gasteiger partial charge in [0.1, 0.15) is 5.54 Å². The highest BCUT2D eigenvalue weighted by Gasteiger charge is 2.30. The summed E-state index contributed by atoms with van der Waals surface area (Å²) in [5.41, 5.74) is 6.00. The normalized spacial score (nSPS) is 18.4. The summed E-state index contributed by atoms with van der Waals surface area (Å²) in [4.78, 5) is 12.3. The van der Waals surface area contributed by atoms with Crippen molar-refractivity contribution in [2.75, 3.05) is 19.8 Å². The number of ether oxygens (including phenoxy) is 1. The van der Waals surface area contributed by atoms with Crippen LogP contribution >= 0.6 is 28.3 Å². The molecule has 2 rings (SSSR count). The summed E-state index contributed by atoms with van der Waals surface area (Å²) < 4.78 is 6.28. The molecule has 1 aromatic rings. The molecule has 6 heteroatoms. The van der Waals surface area contributed by atoms with Crippen molar-refractivity contribution < 1.29 is 9.53 Å². The first kappa shape index (κ1) is 18.4. The average molecular weight is 378 g/mol. The molecule has 0 bridgehead atoms. The Labute approximate surface area is 140 Å². The van der Waals surface area contributed by atoms with E-state index < -0.39 is 5.54 Å². The van der Waals surface area contributed by atoms with E-state index in [0.717, 1.165) is 36.1 Å². The largest absolute Gasteiger partial charge is 0.381 e. The molecule has 1 unspecified atom stereocenters. The predicted octanol–water partition coefficient (Wildman–Crippen LogP) is 2.59. The standard InChI is InChI=1S/C15H21BrN2O2.ClH/c1-15(17,12-2-4-13(16)5-3-12)14(19)18-10-11-6-8-20-9-7-11;/h2-5,11H,6-10,17H2,1H3,(H,18,19);1H. The molecule has 4 nitrogen and oxygen atoms in total. The molecule has 1 amide bonds. The van der Waals surface area contributed by atoms with E-state index in [9.17, 15) is 4.79 Å². The topological polar surface area (TPSA) is 64.4 Å². The Hall–Kier alpha value is -0.620. The van der Waals surface area contributed by atoms with Gasteiger partial charge in [0.2, 0.25) is 5.91 Å². The summed E-state index contributed by atoms with van der Waals surface area (Å²) in [7, 11) is 0. The molecule has 21 heavy (non-hydrogen) atoms. The molecule has 0 saturated carbocycles. The van der Waals surface area contributed by atoms with E-state index in [0.29, 0.717) is 12.5 Å². The van der Waals surface area contributed by atoms with E-state index >= 15 is 0 Å². The number of rotatable bonds is 4. The van der Waals surface area contributed by atoms with Crippen molar-refractivity contribution in [2.24, 2.45) is 11.7 Å². The van der Waals surface area contributed by atoms with Crippen molar-refractivity contribution in [3.05, 3.63) is 34.3 Å². The van der Waals surface area contributed by atoms with Crippen LogP contribution in [0.4, 0.5) is 0 Å². The summed E-state index contributed by atoms with van der Waals surface area (Å²) in [6.45, 7) is 3.99. The van der Waals surface area contributed by atoms with Gasteiger partial charge in [-0.1, -0.05) is 28.1 Å². The van der Waals surface area contributed by atoms with Crippen LogP contribution in [0.25, 0.3) is 0 Å². The highest BCUT2D eigenvalue weighted by Crippen LogP contribution is 2.21. The molecule has 1 saturated heterocycles. The van der Waals surface area contributed by atoms with Crippen molar-refractivity contribution in [3.63, 3.8) is 0 Å².